The molecule has 0 N–H and O–H groups in total. The van der Waals surface area contributed by atoms with Crippen molar-refractivity contribution in [3.63, 3.8) is 0 Å². The Labute approximate surface area is 158 Å². The fraction of sp³-hybridized carbons (Fsp3) is 0.450. The second-order valence-electron chi connectivity index (χ2n) is 7.08. The molecule has 1 aliphatic rings. The summed E-state index contributed by atoms with van der Waals surface area (Å²) >= 11 is 0. The summed E-state index contributed by atoms with van der Waals surface area (Å²) in [5.41, 5.74) is -0.245. The number of amides is 1. The molecule has 1 aromatic carbocycles. The molecule has 0 bridgehead atoms. The van der Waals surface area contributed by atoms with Crippen LogP contribution in [0.3, 0.4) is 0 Å². The van der Waals surface area contributed by atoms with Crippen molar-refractivity contribution in [3.05, 3.63) is 48.2 Å². The van der Waals surface area contributed by atoms with Gasteiger partial charge in [-0.3, -0.25) is 9.78 Å². The Balaban J connectivity index is 1.82. The van der Waals surface area contributed by atoms with Gasteiger partial charge in [-0.25, -0.2) is 9.37 Å². The molecule has 1 atom stereocenters. The topological polar surface area (TPSA) is 64.5 Å². The van der Waals surface area contributed by atoms with Crippen molar-refractivity contribution in [2.75, 3.05) is 20.2 Å². The summed E-state index contributed by atoms with van der Waals surface area (Å²) in [7, 11) is 1.53. The number of rotatable bonds is 5. The zero-order valence-electron chi connectivity index (χ0n) is 15.8. The standard InChI is InChI=1S/C20H24FN3O3/c1-20(2,26-3)19(25)24-12-6-7-14(13-24)17-18(23-11-10-22-17)27-16-9-5-4-8-15(16)21/h4-5,8-11,14H,6-7,12-13H2,1-3H3/t14-/m1/s1. The molecule has 0 unspecified atom stereocenters. The van der Waals surface area contributed by atoms with Crippen LogP contribution in [0.4, 0.5) is 4.39 Å². The van der Waals surface area contributed by atoms with E-state index in [0.29, 0.717) is 18.8 Å². The van der Waals surface area contributed by atoms with Crippen LogP contribution in [0.2, 0.25) is 0 Å². The number of likely N-dealkylation sites (tertiary alicyclic amines) is 1. The highest BCUT2D eigenvalue weighted by Crippen LogP contribution is 2.34. The third-order valence-electron chi connectivity index (χ3n) is 4.86. The van der Waals surface area contributed by atoms with Crippen LogP contribution >= 0.6 is 0 Å². The quantitative estimate of drug-likeness (QED) is 0.802. The van der Waals surface area contributed by atoms with Gasteiger partial charge >= 0.3 is 0 Å². The van der Waals surface area contributed by atoms with Crippen LogP contribution in [-0.4, -0.2) is 46.6 Å². The lowest BCUT2D eigenvalue weighted by Crippen LogP contribution is -2.49. The van der Waals surface area contributed by atoms with Crippen molar-refractivity contribution in [3.8, 4) is 11.6 Å². The van der Waals surface area contributed by atoms with Crippen LogP contribution in [0.1, 0.15) is 38.3 Å². The van der Waals surface area contributed by atoms with Gasteiger partial charge in [-0.15, -0.1) is 0 Å². The molecule has 144 valence electrons. The van der Waals surface area contributed by atoms with Crippen molar-refractivity contribution >= 4 is 5.91 Å². The van der Waals surface area contributed by atoms with Crippen molar-refractivity contribution < 1.29 is 18.7 Å². The van der Waals surface area contributed by atoms with Gasteiger partial charge in [-0.05, 0) is 38.8 Å². The number of benzene rings is 1. The molecular weight excluding hydrogens is 349 g/mol. The maximum absolute atomic E-state index is 13.9. The Morgan fingerprint density at radius 2 is 2.00 bits per heavy atom. The Morgan fingerprint density at radius 1 is 1.26 bits per heavy atom. The summed E-state index contributed by atoms with van der Waals surface area (Å²) in [4.78, 5) is 23.2. The van der Waals surface area contributed by atoms with Crippen molar-refractivity contribution in [2.45, 2.75) is 38.2 Å². The molecule has 1 saturated heterocycles. The number of hydrogen-bond donors (Lipinski definition) is 0. The van der Waals surface area contributed by atoms with Crippen LogP contribution in [0.5, 0.6) is 11.6 Å². The highest BCUT2D eigenvalue weighted by atomic mass is 19.1. The number of halogens is 1. The van der Waals surface area contributed by atoms with E-state index in [2.05, 4.69) is 9.97 Å². The molecule has 7 heteroatoms. The molecule has 1 aromatic heterocycles. The summed E-state index contributed by atoms with van der Waals surface area (Å²) in [5.74, 6) is -0.186. The van der Waals surface area contributed by atoms with E-state index in [0.717, 1.165) is 12.8 Å². The van der Waals surface area contributed by atoms with E-state index >= 15 is 0 Å². The van der Waals surface area contributed by atoms with Crippen molar-refractivity contribution in [1.82, 2.24) is 14.9 Å². The summed E-state index contributed by atoms with van der Waals surface area (Å²) in [5, 5.41) is 0. The fourth-order valence-corrected chi connectivity index (χ4v) is 3.18. The Morgan fingerprint density at radius 3 is 2.74 bits per heavy atom. The average molecular weight is 373 g/mol. The largest absolute Gasteiger partial charge is 0.434 e. The molecule has 27 heavy (non-hydrogen) atoms. The number of ether oxygens (including phenoxy) is 2. The van der Waals surface area contributed by atoms with Crippen LogP contribution in [-0.2, 0) is 9.53 Å². The van der Waals surface area contributed by atoms with Crippen LogP contribution in [0.25, 0.3) is 0 Å². The lowest BCUT2D eigenvalue weighted by molar-refractivity contribution is -0.152. The average Bonchev–Trinajstić information content (AvgIpc) is 2.69. The van der Waals surface area contributed by atoms with E-state index in [9.17, 15) is 9.18 Å². The number of nitrogens with zero attached hydrogens (tertiary/aromatic N) is 3. The molecule has 1 fully saturated rings. The Bertz CT molecular complexity index is 813. The molecule has 0 radical (unpaired) electrons. The number of carbonyl (C=O) groups is 1. The number of hydrogen-bond acceptors (Lipinski definition) is 5. The number of methoxy groups -OCH3 is 1. The Hall–Kier alpha value is -2.54. The lowest BCUT2D eigenvalue weighted by atomic mass is 9.93. The zero-order valence-corrected chi connectivity index (χ0v) is 15.8. The van der Waals surface area contributed by atoms with E-state index in [1.54, 1.807) is 43.1 Å². The smallest absolute Gasteiger partial charge is 0.254 e. The van der Waals surface area contributed by atoms with Gasteiger partial charge in [0.25, 0.3) is 5.91 Å². The van der Waals surface area contributed by atoms with E-state index in [-0.39, 0.29) is 23.5 Å². The molecule has 2 aromatic rings. The van der Waals surface area contributed by atoms with Crippen LogP contribution in [0, 0.1) is 5.82 Å². The summed E-state index contributed by atoms with van der Waals surface area (Å²) < 4.78 is 25.0. The van der Waals surface area contributed by atoms with Gasteiger partial charge in [0.1, 0.15) is 11.3 Å². The first-order chi connectivity index (χ1) is 12.9. The second kappa shape index (κ2) is 8.00. The van der Waals surface area contributed by atoms with Crippen molar-refractivity contribution in [1.29, 1.82) is 0 Å². The molecule has 1 aliphatic heterocycles. The molecule has 0 saturated carbocycles. The molecule has 0 spiro atoms. The molecule has 3 rings (SSSR count). The normalized spacial score (nSPS) is 17.6. The molecule has 2 heterocycles. The summed E-state index contributed by atoms with van der Waals surface area (Å²) in [6.07, 6.45) is 4.79. The van der Waals surface area contributed by atoms with Gasteiger partial charge in [0, 0.05) is 38.5 Å². The number of piperidine rings is 1. The minimum atomic E-state index is -0.878. The number of carbonyl (C=O) groups excluding carboxylic acids is 1. The first-order valence-corrected chi connectivity index (χ1v) is 9.00. The summed E-state index contributed by atoms with van der Waals surface area (Å²) in [6.45, 7) is 4.69. The monoisotopic (exact) mass is 373 g/mol. The van der Waals surface area contributed by atoms with Crippen LogP contribution < -0.4 is 4.74 Å². The lowest BCUT2D eigenvalue weighted by Gasteiger charge is -2.37. The van der Waals surface area contributed by atoms with E-state index in [1.165, 1.54) is 19.4 Å². The summed E-state index contributed by atoms with van der Waals surface area (Å²) in [6, 6.07) is 6.18. The minimum absolute atomic E-state index is 0.0363. The van der Waals surface area contributed by atoms with Gasteiger partial charge in [-0.1, -0.05) is 12.1 Å². The predicted molar refractivity (Wildman–Crippen MR) is 98.1 cm³/mol. The van der Waals surface area contributed by atoms with Gasteiger partial charge in [0.15, 0.2) is 11.6 Å². The third kappa shape index (κ3) is 4.24. The number of para-hydroxylation sites is 1. The van der Waals surface area contributed by atoms with E-state index in [1.807, 2.05) is 0 Å². The minimum Gasteiger partial charge on any atom is -0.434 e. The van der Waals surface area contributed by atoms with Crippen molar-refractivity contribution in [2.24, 2.45) is 0 Å². The molecule has 1 amide bonds. The highest BCUT2D eigenvalue weighted by molar-refractivity contribution is 5.84. The van der Waals surface area contributed by atoms with E-state index < -0.39 is 11.4 Å². The third-order valence-corrected chi connectivity index (χ3v) is 4.86. The van der Waals surface area contributed by atoms with Gasteiger partial charge in [0.2, 0.25) is 5.88 Å². The van der Waals surface area contributed by atoms with Gasteiger partial charge in [-0.2, -0.15) is 0 Å². The fourth-order valence-electron chi connectivity index (χ4n) is 3.18. The second-order valence-corrected chi connectivity index (χ2v) is 7.08. The SMILES string of the molecule is COC(C)(C)C(=O)N1CCC[C@@H](c2nccnc2Oc2ccccc2F)C1. The van der Waals surface area contributed by atoms with Gasteiger partial charge < -0.3 is 14.4 Å². The predicted octanol–water partition coefficient (Wildman–Crippen LogP) is 3.54. The maximum atomic E-state index is 13.9. The number of aromatic nitrogens is 2. The molecular formula is C20H24FN3O3. The Kier molecular flexibility index (Phi) is 5.70. The highest BCUT2D eigenvalue weighted by Gasteiger charge is 2.36. The first-order valence-electron chi connectivity index (χ1n) is 9.00. The molecule has 0 aliphatic carbocycles. The van der Waals surface area contributed by atoms with Gasteiger partial charge in [0.05, 0.1) is 0 Å². The first kappa shape index (κ1) is 19.2. The zero-order chi connectivity index (χ0) is 19.4. The molecule has 6 nitrogen and oxygen atoms in total. The van der Waals surface area contributed by atoms with E-state index in [4.69, 9.17) is 9.47 Å². The van der Waals surface area contributed by atoms with Crippen LogP contribution in [0.15, 0.2) is 36.7 Å². The maximum Gasteiger partial charge on any atom is 0.254 e.